The Hall–Kier alpha value is -3.95. The number of benzene rings is 1. The predicted molar refractivity (Wildman–Crippen MR) is 126 cm³/mol. The summed E-state index contributed by atoms with van der Waals surface area (Å²) in [5.74, 6) is 0.0195. The van der Waals surface area contributed by atoms with Crippen LogP contribution in [0, 0.1) is 0 Å². The van der Waals surface area contributed by atoms with Crippen molar-refractivity contribution in [2.24, 2.45) is 0 Å². The van der Waals surface area contributed by atoms with E-state index in [1.807, 2.05) is 56.0 Å². The van der Waals surface area contributed by atoms with E-state index in [1.54, 1.807) is 18.3 Å². The van der Waals surface area contributed by atoms with Crippen molar-refractivity contribution in [2.45, 2.75) is 45.4 Å². The second kappa shape index (κ2) is 9.50. The van der Waals surface area contributed by atoms with Crippen LogP contribution in [-0.2, 0) is 16.1 Å². The van der Waals surface area contributed by atoms with Gasteiger partial charge in [-0.15, -0.1) is 0 Å². The minimum absolute atomic E-state index is 0.0833. The fourth-order valence-corrected chi connectivity index (χ4v) is 3.80. The third-order valence-corrected chi connectivity index (χ3v) is 5.31. The van der Waals surface area contributed by atoms with Crippen LogP contribution in [0.4, 0.5) is 15.5 Å². The molecule has 2 N–H and O–H groups in total. The number of amides is 4. The van der Waals surface area contributed by atoms with Crippen LogP contribution < -0.4 is 15.5 Å². The molecule has 2 aliphatic heterocycles. The minimum Gasteiger partial charge on any atom is -0.444 e. The normalized spacial score (nSPS) is 19.5. The van der Waals surface area contributed by atoms with Gasteiger partial charge >= 0.3 is 12.1 Å². The summed E-state index contributed by atoms with van der Waals surface area (Å²) >= 11 is 0. The average molecular weight is 465 g/mol. The molecule has 4 amide bonds. The van der Waals surface area contributed by atoms with Crippen LogP contribution in [0.25, 0.3) is 6.08 Å². The number of hydrogen-bond donors (Lipinski definition) is 2. The number of nitrogens with one attached hydrogen (secondary N) is 2. The molecule has 1 unspecified atom stereocenters. The van der Waals surface area contributed by atoms with Crippen LogP contribution in [0.3, 0.4) is 0 Å². The van der Waals surface area contributed by atoms with E-state index in [0.717, 1.165) is 12.0 Å². The van der Waals surface area contributed by atoms with E-state index >= 15 is 0 Å². The summed E-state index contributed by atoms with van der Waals surface area (Å²) in [6.07, 6.45) is 3.48. The lowest BCUT2D eigenvalue weighted by atomic mass is 10.2. The molecule has 0 saturated carbocycles. The maximum atomic E-state index is 12.4. The molecule has 2 saturated heterocycles. The zero-order valence-electron chi connectivity index (χ0n) is 19.4. The van der Waals surface area contributed by atoms with Gasteiger partial charge in [-0.3, -0.25) is 15.0 Å². The van der Waals surface area contributed by atoms with Crippen molar-refractivity contribution in [3.05, 3.63) is 59.5 Å². The predicted octanol–water partition coefficient (Wildman–Crippen LogP) is 2.67. The highest BCUT2D eigenvalue weighted by atomic mass is 16.6. The first kappa shape index (κ1) is 23.2. The highest BCUT2D eigenvalue weighted by Gasteiger charge is 2.33. The van der Waals surface area contributed by atoms with Crippen molar-refractivity contribution in [2.75, 3.05) is 18.0 Å². The Bertz CT molecular complexity index is 1110. The quantitative estimate of drug-likeness (QED) is 0.516. The molecular formula is C24H28N6O4. The highest BCUT2D eigenvalue weighted by molar-refractivity contribution is 6.13. The monoisotopic (exact) mass is 464 g/mol. The Morgan fingerprint density at radius 2 is 2.00 bits per heavy atom. The van der Waals surface area contributed by atoms with Crippen LogP contribution in [0.2, 0.25) is 0 Å². The van der Waals surface area contributed by atoms with E-state index in [2.05, 4.69) is 20.6 Å². The molecule has 2 aliphatic rings. The summed E-state index contributed by atoms with van der Waals surface area (Å²) in [6, 6.07) is 10.6. The third kappa shape index (κ3) is 5.69. The third-order valence-electron chi connectivity index (χ3n) is 5.31. The van der Waals surface area contributed by atoms with Crippen molar-refractivity contribution in [3.63, 3.8) is 0 Å². The van der Waals surface area contributed by atoms with Gasteiger partial charge in [-0.05, 0) is 44.9 Å². The van der Waals surface area contributed by atoms with Gasteiger partial charge in [-0.1, -0.05) is 30.3 Å². The Labute approximate surface area is 198 Å². The molecule has 0 bridgehead atoms. The number of alkyl carbamates (subject to hydrolysis) is 1. The fourth-order valence-electron chi connectivity index (χ4n) is 3.80. The molecule has 1 atom stereocenters. The molecular weight excluding hydrogens is 436 g/mol. The minimum atomic E-state index is -0.560. The van der Waals surface area contributed by atoms with Gasteiger partial charge in [0, 0.05) is 19.3 Å². The zero-order chi connectivity index (χ0) is 24.3. The first-order chi connectivity index (χ1) is 16.2. The zero-order valence-corrected chi connectivity index (χ0v) is 19.4. The molecule has 1 aromatic heterocycles. The van der Waals surface area contributed by atoms with Gasteiger partial charge in [-0.25, -0.2) is 19.6 Å². The van der Waals surface area contributed by atoms with Gasteiger partial charge in [0.25, 0.3) is 5.91 Å². The van der Waals surface area contributed by atoms with Crippen molar-refractivity contribution < 1.29 is 19.1 Å². The van der Waals surface area contributed by atoms with E-state index in [9.17, 15) is 14.4 Å². The Kier molecular flexibility index (Phi) is 6.49. The number of carbonyl (C=O) groups excluding carboxylic acids is 3. The number of urea groups is 1. The van der Waals surface area contributed by atoms with Crippen LogP contribution in [0.1, 0.15) is 38.4 Å². The van der Waals surface area contributed by atoms with E-state index in [-0.39, 0.29) is 18.3 Å². The summed E-state index contributed by atoms with van der Waals surface area (Å²) in [4.78, 5) is 49.1. The van der Waals surface area contributed by atoms with Crippen LogP contribution >= 0.6 is 0 Å². The van der Waals surface area contributed by atoms with Crippen molar-refractivity contribution in [1.82, 2.24) is 25.5 Å². The van der Waals surface area contributed by atoms with Gasteiger partial charge in [0.1, 0.15) is 11.3 Å². The maximum Gasteiger partial charge on any atom is 0.407 e. The summed E-state index contributed by atoms with van der Waals surface area (Å²) in [5, 5.41) is 5.22. The number of anilines is 1. The molecule has 0 spiro atoms. The smallest absolute Gasteiger partial charge is 0.407 e. The molecule has 10 heteroatoms. The largest absolute Gasteiger partial charge is 0.444 e. The van der Waals surface area contributed by atoms with Crippen LogP contribution in [-0.4, -0.2) is 57.6 Å². The summed E-state index contributed by atoms with van der Waals surface area (Å²) in [5.41, 5.74) is 1.08. The Morgan fingerprint density at radius 3 is 2.74 bits per heavy atom. The first-order valence-corrected chi connectivity index (χ1v) is 11.1. The molecule has 0 aliphatic carbocycles. The summed E-state index contributed by atoms with van der Waals surface area (Å²) < 4.78 is 5.33. The van der Waals surface area contributed by atoms with Gasteiger partial charge in [0.15, 0.2) is 0 Å². The molecule has 3 heterocycles. The van der Waals surface area contributed by atoms with Gasteiger partial charge < -0.3 is 15.0 Å². The lowest BCUT2D eigenvalue weighted by Gasteiger charge is -2.22. The molecule has 0 radical (unpaired) electrons. The molecule has 2 fully saturated rings. The summed E-state index contributed by atoms with van der Waals surface area (Å²) in [7, 11) is 0. The Morgan fingerprint density at radius 1 is 1.24 bits per heavy atom. The van der Waals surface area contributed by atoms with E-state index in [4.69, 9.17) is 4.74 Å². The molecule has 34 heavy (non-hydrogen) atoms. The van der Waals surface area contributed by atoms with E-state index in [1.165, 1.54) is 4.90 Å². The average Bonchev–Trinajstić information content (AvgIpc) is 3.33. The standard InChI is InChI=1S/C24H28N6O4/c1-24(2,3)34-23(33)27-18-10-12-29(15-18)21-25-11-9-17(26-21)13-19-20(31)28-22(32)30(19)14-16-7-5-4-6-8-16/h4-9,11,13,18H,10,12,14-15H2,1-3H3,(H,27,33)(H,28,31,32)/b19-13-. The maximum absolute atomic E-state index is 12.4. The highest BCUT2D eigenvalue weighted by Crippen LogP contribution is 2.21. The van der Waals surface area contributed by atoms with Crippen LogP contribution in [0.5, 0.6) is 0 Å². The van der Waals surface area contributed by atoms with E-state index in [0.29, 0.717) is 24.7 Å². The number of rotatable bonds is 5. The number of nitrogens with zero attached hydrogens (tertiary/aromatic N) is 4. The van der Waals surface area contributed by atoms with Gasteiger partial charge in [0.2, 0.25) is 5.95 Å². The number of ether oxygens (including phenoxy) is 1. The SMILES string of the molecule is CC(C)(C)OC(=O)NC1CCN(c2nccc(/C=C3/C(=O)NC(=O)N3Cc3ccccc3)n2)C1. The molecule has 178 valence electrons. The van der Waals surface area contributed by atoms with Gasteiger partial charge in [-0.2, -0.15) is 0 Å². The molecule has 1 aromatic carbocycles. The van der Waals surface area contributed by atoms with Gasteiger partial charge in [0.05, 0.1) is 18.3 Å². The second-order valence-corrected chi connectivity index (χ2v) is 9.22. The number of carbonyl (C=O) groups is 3. The molecule has 2 aromatic rings. The number of imide groups is 1. The molecule has 4 rings (SSSR count). The first-order valence-electron chi connectivity index (χ1n) is 11.1. The van der Waals surface area contributed by atoms with Crippen molar-refractivity contribution in [3.8, 4) is 0 Å². The van der Waals surface area contributed by atoms with Crippen molar-refractivity contribution >= 4 is 30.1 Å². The topological polar surface area (TPSA) is 117 Å². The Balaban J connectivity index is 1.46. The molecule has 10 nitrogen and oxygen atoms in total. The van der Waals surface area contributed by atoms with Crippen LogP contribution in [0.15, 0.2) is 48.3 Å². The number of hydrogen-bond acceptors (Lipinski definition) is 7. The number of aromatic nitrogens is 2. The summed E-state index contributed by atoms with van der Waals surface area (Å²) in [6.45, 7) is 6.94. The second-order valence-electron chi connectivity index (χ2n) is 9.22. The van der Waals surface area contributed by atoms with Crippen molar-refractivity contribution in [1.29, 1.82) is 0 Å². The fraction of sp³-hybridized carbons (Fsp3) is 0.375. The lowest BCUT2D eigenvalue weighted by Crippen LogP contribution is -2.40. The lowest BCUT2D eigenvalue weighted by molar-refractivity contribution is -0.116. The van der Waals surface area contributed by atoms with E-state index < -0.39 is 23.6 Å².